The molecular weight excluding hydrogens is 296 g/mol. The van der Waals surface area contributed by atoms with E-state index in [1.165, 1.54) is 0 Å². The van der Waals surface area contributed by atoms with Crippen LogP contribution >= 0.6 is 15.9 Å². The second-order valence-corrected chi connectivity index (χ2v) is 4.53. The van der Waals surface area contributed by atoms with Crippen molar-refractivity contribution in [1.82, 2.24) is 4.98 Å². The van der Waals surface area contributed by atoms with Crippen LogP contribution in [0, 0.1) is 0 Å². The van der Waals surface area contributed by atoms with Gasteiger partial charge in [0.1, 0.15) is 0 Å². The molecule has 18 heavy (non-hydrogen) atoms. The molecule has 0 radical (unpaired) electrons. The molecule has 5 heteroatoms. The van der Waals surface area contributed by atoms with Crippen molar-refractivity contribution in [2.45, 2.75) is 6.54 Å². The molecule has 2 rings (SSSR count). The molecule has 1 heterocycles. The molecule has 0 aliphatic carbocycles. The Hall–Kier alpha value is -1.88. The maximum Gasteiger partial charge on any atom is 0.338 e. The zero-order valence-electron chi connectivity index (χ0n) is 9.43. The smallest absolute Gasteiger partial charge is 0.338 e. The SMILES string of the molecule is O=C(O)c1c(Br)cccc1NCc1ccncc1. The topological polar surface area (TPSA) is 62.2 Å². The van der Waals surface area contributed by atoms with Crippen LogP contribution in [0.5, 0.6) is 0 Å². The summed E-state index contributed by atoms with van der Waals surface area (Å²) in [6.45, 7) is 0.555. The largest absolute Gasteiger partial charge is 0.478 e. The number of aromatic nitrogens is 1. The molecule has 4 nitrogen and oxygen atoms in total. The van der Waals surface area contributed by atoms with Crippen LogP contribution in [0.25, 0.3) is 0 Å². The van der Waals surface area contributed by atoms with Gasteiger partial charge in [0, 0.05) is 23.4 Å². The van der Waals surface area contributed by atoms with Gasteiger partial charge in [0.15, 0.2) is 0 Å². The molecule has 2 aromatic rings. The fraction of sp³-hybridized carbons (Fsp3) is 0.0769. The summed E-state index contributed by atoms with van der Waals surface area (Å²) in [6.07, 6.45) is 3.41. The van der Waals surface area contributed by atoms with E-state index < -0.39 is 5.97 Å². The van der Waals surface area contributed by atoms with Crippen molar-refractivity contribution in [3.63, 3.8) is 0 Å². The molecule has 0 saturated carbocycles. The van der Waals surface area contributed by atoms with Gasteiger partial charge in [-0.15, -0.1) is 0 Å². The Bertz CT molecular complexity index is 558. The molecule has 0 bridgehead atoms. The molecule has 2 N–H and O–H groups in total. The summed E-state index contributed by atoms with van der Waals surface area (Å²) in [4.78, 5) is 15.1. The van der Waals surface area contributed by atoms with Gasteiger partial charge in [0.2, 0.25) is 0 Å². The predicted molar refractivity (Wildman–Crippen MR) is 72.7 cm³/mol. The first-order valence-electron chi connectivity index (χ1n) is 5.33. The van der Waals surface area contributed by atoms with E-state index in [0.29, 0.717) is 16.7 Å². The lowest BCUT2D eigenvalue weighted by Gasteiger charge is -2.10. The number of carboxylic acids is 1. The van der Waals surface area contributed by atoms with Gasteiger partial charge in [-0.2, -0.15) is 0 Å². The third-order valence-electron chi connectivity index (χ3n) is 2.46. The zero-order chi connectivity index (χ0) is 13.0. The van der Waals surface area contributed by atoms with Gasteiger partial charge < -0.3 is 10.4 Å². The Morgan fingerprint density at radius 1 is 1.28 bits per heavy atom. The van der Waals surface area contributed by atoms with E-state index in [4.69, 9.17) is 5.11 Å². The summed E-state index contributed by atoms with van der Waals surface area (Å²) in [5.74, 6) is -0.959. The molecular formula is C13H11BrN2O2. The minimum Gasteiger partial charge on any atom is -0.478 e. The molecule has 0 unspecified atom stereocenters. The molecule has 0 amide bonds. The van der Waals surface area contributed by atoms with Crippen LogP contribution in [0.4, 0.5) is 5.69 Å². The third kappa shape index (κ3) is 2.87. The number of rotatable bonds is 4. The van der Waals surface area contributed by atoms with Crippen molar-refractivity contribution in [1.29, 1.82) is 0 Å². The molecule has 1 aromatic heterocycles. The highest BCUT2D eigenvalue weighted by Gasteiger charge is 2.13. The summed E-state index contributed by atoms with van der Waals surface area (Å²) in [6, 6.07) is 9.01. The maximum absolute atomic E-state index is 11.2. The van der Waals surface area contributed by atoms with Crippen LogP contribution in [0.1, 0.15) is 15.9 Å². The van der Waals surface area contributed by atoms with Crippen molar-refractivity contribution in [2.24, 2.45) is 0 Å². The normalized spacial score (nSPS) is 10.1. The van der Waals surface area contributed by atoms with Crippen LogP contribution < -0.4 is 5.32 Å². The van der Waals surface area contributed by atoms with Crippen molar-refractivity contribution in [3.05, 3.63) is 58.3 Å². The number of nitrogens with one attached hydrogen (secondary N) is 1. The van der Waals surface area contributed by atoms with Gasteiger partial charge >= 0.3 is 5.97 Å². The minimum atomic E-state index is -0.959. The summed E-state index contributed by atoms with van der Waals surface area (Å²) < 4.78 is 0.565. The van der Waals surface area contributed by atoms with E-state index in [9.17, 15) is 4.79 Å². The summed E-state index contributed by atoms with van der Waals surface area (Å²) in [5.41, 5.74) is 1.88. The second kappa shape index (κ2) is 5.64. The molecule has 0 aliphatic heterocycles. The van der Waals surface area contributed by atoms with E-state index in [2.05, 4.69) is 26.2 Å². The van der Waals surface area contributed by atoms with Gasteiger partial charge in [-0.25, -0.2) is 4.79 Å². The number of carbonyl (C=O) groups is 1. The van der Waals surface area contributed by atoms with Crippen LogP contribution in [-0.2, 0) is 6.54 Å². The molecule has 0 saturated heterocycles. The molecule has 0 atom stereocenters. The fourth-order valence-corrected chi connectivity index (χ4v) is 2.12. The highest BCUT2D eigenvalue weighted by Crippen LogP contribution is 2.25. The summed E-state index contributed by atoms with van der Waals surface area (Å²) >= 11 is 3.24. The third-order valence-corrected chi connectivity index (χ3v) is 3.12. The van der Waals surface area contributed by atoms with E-state index >= 15 is 0 Å². The van der Waals surface area contributed by atoms with E-state index in [1.54, 1.807) is 30.6 Å². The average Bonchev–Trinajstić information content (AvgIpc) is 2.37. The quantitative estimate of drug-likeness (QED) is 0.911. The first-order valence-corrected chi connectivity index (χ1v) is 6.12. The average molecular weight is 307 g/mol. The molecule has 1 aromatic carbocycles. The van der Waals surface area contributed by atoms with E-state index in [-0.39, 0.29) is 5.56 Å². The predicted octanol–water partition coefficient (Wildman–Crippen LogP) is 3.15. The summed E-state index contributed by atoms with van der Waals surface area (Å²) in [7, 11) is 0. The Balaban J connectivity index is 2.20. The van der Waals surface area contributed by atoms with Crippen molar-refractivity contribution in [2.75, 3.05) is 5.32 Å². The Morgan fingerprint density at radius 2 is 2.00 bits per heavy atom. The first kappa shape index (κ1) is 12.6. The Morgan fingerprint density at radius 3 is 2.67 bits per heavy atom. The number of halogens is 1. The maximum atomic E-state index is 11.2. The van der Waals surface area contributed by atoms with Gasteiger partial charge in [-0.3, -0.25) is 4.98 Å². The highest BCUT2D eigenvalue weighted by molar-refractivity contribution is 9.10. The van der Waals surface area contributed by atoms with Crippen LogP contribution in [0.3, 0.4) is 0 Å². The van der Waals surface area contributed by atoms with E-state index in [1.807, 2.05) is 12.1 Å². The number of hydrogen-bond acceptors (Lipinski definition) is 3. The number of carboxylic acid groups (broad SMARTS) is 1. The van der Waals surface area contributed by atoms with Crippen LogP contribution in [-0.4, -0.2) is 16.1 Å². The van der Waals surface area contributed by atoms with Crippen molar-refractivity contribution >= 4 is 27.6 Å². The lowest BCUT2D eigenvalue weighted by atomic mass is 10.1. The standard InChI is InChI=1S/C13H11BrN2O2/c14-10-2-1-3-11(12(10)13(17)18)16-8-9-4-6-15-7-5-9/h1-7,16H,8H2,(H,17,18). The molecule has 0 fully saturated rings. The number of pyridine rings is 1. The lowest BCUT2D eigenvalue weighted by Crippen LogP contribution is -2.07. The Labute approximate surface area is 113 Å². The highest BCUT2D eigenvalue weighted by atomic mass is 79.9. The van der Waals surface area contributed by atoms with Gasteiger partial charge in [-0.1, -0.05) is 6.07 Å². The van der Waals surface area contributed by atoms with Gasteiger partial charge in [-0.05, 0) is 45.8 Å². The molecule has 0 aliphatic rings. The number of hydrogen-bond donors (Lipinski definition) is 2. The van der Waals surface area contributed by atoms with E-state index in [0.717, 1.165) is 5.56 Å². The number of aromatic carboxylic acids is 1. The molecule has 0 spiro atoms. The van der Waals surface area contributed by atoms with Gasteiger partial charge in [0.25, 0.3) is 0 Å². The second-order valence-electron chi connectivity index (χ2n) is 3.68. The van der Waals surface area contributed by atoms with Crippen LogP contribution in [0.15, 0.2) is 47.2 Å². The number of benzene rings is 1. The monoisotopic (exact) mass is 306 g/mol. The van der Waals surface area contributed by atoms with Crippen molar-refractivity contribution in [3.8, 4) is 0 Å². The lowest BCUT2D eigenvalue weighted by molar-refractivity contribution is 0.0697. The fourth-order valence-electron chi connectivity index (χ4n) is 1.59. The Kier molecular flexibility index (Phi) is 3.94. The first-order chi connectivity index (χ1) is 8.68. The van der Waals surface area contributed by atoms with Crippen LogP contribution in [0.2, 0.25) is 0 Å². The van der Waals surface area contributed by atoms with Gasteiger partial charge in [0.05, 0.1) is 11.3 Å². The number of anilines is 1. The van der Waals surface area contributed by atoms with Crippen molar-refractivity contribution < 1.29 is 9.90 Å². The minimum absolute atomic E-state index is 0.242. The summed E-state index contributed by atoms with van der Waals surface area (Å²) in [5, 5.41) is 12.3. The number of nitrogens with zero attached hydrogens (tertiary/aromatic N) is 1. The zero-order valence-corrected chi connectivity index (χ0v) is 11.0. The molecule has 92 valence electrons.